The number of amides is 2. The van der Waals surface area contributed by atoms with Crippen molar-refractivity contribution < 1.29 is 24.0 Å². The summed E-state index contributed by atoms with van der Waals surface area (Å²) in [5, 5.41) is 18.0. The van der Waals surface area contributed by atoms with Gasteiger partial charge in [-0.2, -0.15) is 0 Å². The van der Waals surface area contributed by atoms with Crippen LogP contribution in [0, 0.1) is 19.8 Å². The number of rotatable bonds is 4. The van der Waals surface area contributed by atoms with E-state index in [1.807, 2.05) is 0 Å². The molecule has 2 rings (SSSR count). The molecule has 1 aliphatic heterocycles. The van der Waals surface area contributed by atoms with Crippen molar-refractivity contribution in [3.8, 4) is 0 Å². The standard InChI is InChI=1S/C12H17N3O5/c1-6-8(7(2)20-15-6)3-13-12(18)14-10-5-19-4-9(10)11(16)17/h9-10H,3-5H2,1-2H3,(H,16,17)(H2,13,14,18). The lowest BCUT2D eigenvalue weighted by Gasteiger charge is -2.16. The summed E-state index contributed by atoms with van der Waals surface area (Å²) < 4.78 is 10.1. The van der Waals surface area contributed by atoms with Crippen LogP contribution in [0.3, 0.4) is 0 Å². The van der Waals surface area contributed by atoms with Crippen molar-refractivity contribution in [3.63, 3.8) is 0 Å². The summed E-state index contributed by atoms with van der Waals surface area (Å²) in [7, 11) is 0. The van der Waals surface area contributed by atoms with E-state index in [0.717, 1.165) is 11.3 Å². The fourth-order valence-electron chi connectivity index (χ4n) is 2.08. The number of nitrogens with one attached hydrogen (secondary N) is 2. The first-order chi connectivity index (χ1) is 9.49. The summed E-state index contributed by atoms with van der Waals surface area (Å²) in [5.41, 5.74) is 1.54. The summed E-state index contributed by atoms with van der Waals surface area (Å²) in [6.07, 6.45) is 0. The van der Waals surface area contributed by atoms with Gasteiger partial charge in [0.15, 0.2) is 0 Å². The van der Waals surface area contributed by atoms with Gasteiger partial charge in [0.1, 0.15) is 11.7 Å². The van der Waals surface area contributed by atoms with Crippen molar-refractivity contribution in [1.29, 1.82) is 0 Å². The largest absolute Gasteiger partial charge is 0.481 e. The molecule has 1 saturated heterocycles. The highest BCUT2D eigenvalue weighted by atomic mass is 16.5. The van der Waals surface area contributed by atoms with E-state index in [1.54, 1.807) is 13.8 Å². The van der Waals surface area contributed by atoms with Crippen molar-refractivity contribution >= 4 is 12.0 Å². The lowest BCUT2D eigenvalue weighted by molar-refractivity contribution is -0.142. The molecular weight excluding hydrogens is 266 g/mol. The second-order valence-corrected chi connectivity index (χ2v) is 4.72. The molecule has 1 aromatic heterocycles. The van der Waals surface area contributed by atoms with Gasteiger partial charge in [0.05, 0.1) is 24.9 Å². The molecule has 0 aromatic carbocycles. The zero-order valence-corrected chi connectivity index (χ0v) is 11.3. The minimum Gasteiger partial charge on any atom is -0.481 e. The van der Waals surface area contributed by atoms with Gasteiger partial charge >= 0.3 is 12.0 Å². The first kappa shape index (κ1) is 14.3. The van der Waals surface area contributed by atoms with Crippen molar-refractivity contribution in [3.05, 3.63) is 17.0 Å². The highest BCUT2D eigenvalue weighted by molar-refractivity contribution is 5.77. The van der Waals surface area contributed by atoms with Crippen LogP contribution in [-0.4, -0.2) is 41.5 Å². The average molecular weight is 283 g/mol. The number of hydrogen-bond donors (Lipinski definition) is 3. The first-order valence-electron chi connectivity index (χ1n) is 6.25. The summed E-state index contributed by atoms with van der Waals surface area (Å²) in [6, 6.07) is -0.955. The van der Waals surface area contributed by atoms with E-state index >= 15 is 0 Å². The third kappa shape index (κ3) is 3.08. The monoisotopic (exact) mass is 283 g/mol. The minimum atomic E-state index is -0.974. The number of aryl methyl sites for hydroxylation is 2. The summed E-state index contributed by atoms with van der Waals surface area (Å²) in [4.78, 5) is 22.7. The highest BCUT2D eigenvalue weighted by Gasteiger charge is 2.35. The number of ether oxygens (including phenoxy) is 1. The molecule has 1 fully saturated rings. The Bertz CT molecular complexity index is 494. The zero-order chi connectivity index (χ0) is 14.7. The van der Waals surface area contributed by atoms with Crippen LogP contribution < -0.4 is 10.6 Å². The number of carbonyl (C=O) groups is 2. The number of aliphatic carboxylic acids is 1. The number of urea groups is 1. The molecule has 2 atom stereocenters. The molecule has 1 aliphatic rings. The van der Waals surface area contributed by atoms with Crippen LogP contribution in [0.1, 0.15) is 17.0 Å². The summed E-state index contributed by atoms with van der Waals surface area (Å²) >= 11 is 0. The smallest absolute Gasteiger partial charge is 0.315 e. The van der Waals surface area contributed by atoms with Gasteiger partial charge in [0.25, 0.3) is 0 Å². The van der Waals surface area contributed by atoms with Gasteiger partial charge in [-0.15, -0.1) is 0 Å². The molecule has 8 nitrogen and oxygen atoms in total. The molecule has 1 aromatic rings. The molecule has 2 unspecified atom stereocenters. The number of carboxylic acids is 1. The molecule has 0 bridgehead atoms. The predicted molar refractivity (Wildman–Crippen MR) is 67.1 cm³/mol. The second-order valence-electron chi connectivity index (χ2n) is 4.72. The maximum absolute atomic E-state index is 11.8. The third-order valence-corrected chi connectivity index (χ3v) is 3.32. The third-order valence-electron chi connectivity index (χ3n) is 3.32. The Morgan fingerprint density at radius 1 is 1.40 bits per heavy atom. The van der Waals surface area contributed by atoms with Gasteiger partial charge in [-0.25, -0.2) is 4.79 Å². The highest BCUT2D eigenvalue weighted by Crippen LogP contribution is 2.14. The first-order valence-corrected chi connectivity index (χ1v) is 6.25. The Morgan fingerprint density at radius 3 is 2.75 bits per heavy atom. The topological polar surface area (TPSA) is 114 Å². The number of carboxylic acid groups (broad SMARTS) is 1. The molecule has 0 radical (unpaired) electrons. The Labute approximate surface area is 115 Å². The van der Waals surface area contributed by atoms with Gasteiger partial charge < -0.3 is 25.0 Å². The van der Waals surface area contributed by atoms with E-state index in [4.69, 9.17) is 14.4 Å². The van der Waals surface area contributed by atoms with E-state index in [-0.39, 0.29) is 19.8 Å². The Morgan fingerprint density at radius 2 is 2.15 bits per heavy atom. The van der Waals surface area contributed by atoms with Crippen molar-refractivity contribution in [1.82, 2.24) is 15.8 Å². The molecule has 8 heteroatoms. The summed E-state index contributed by atoms with van der Waals surface area (Å²) in [5.74, 6) is -1.03. The molecule has 0 saturated carbocycles. The molecule has 2 amide bonds. The lowest BCUT2D eigenvalue weighted by Crippen LogP contribution is -2.47. The molecular formula is C12H17N3O5. The lowest BCUT2D eigenvalue weighted by atomic mass is 10.0. The number of nitrogens with zero attached hydrogens (tertiary/aromatic N) is 1. The average Bonchev–Trinajstić information content (AvgIpc) is 2.95. The van der Waals surface area contributed by atoms with Crippen molar-refractivity contribution in [2.24, 2.45) is 5.92 Å². The van der Waals surface area contributed by atoms with E-state index < -0.39 is 24.0 Å². The maximum Gasteiger partial charge on any atom is 0.315 e. The summed E-state index contributed by atoms with van der Waals surface area (Å²) in [6.45, 7) is 4.15. The molecule has 0 spiro atoms. The normalized spacial score (nSPS) is 21.7. The van der Waals surface area contributed by atoms with Gasteiger partial charge in [0, 0.05) is 12.1 Å². The van der Waals surface area contributed by atoms with Crippen LogP contribution in [0.25, 0.3) is 0 Å². The van der Waals surface area contributed by atoms with Crippen LogP contribution in [0.2, 0.25) is 0 Å². The van der Waals surface area contributed by atoms with Crippen molar-refractivity contribution in [2.45, 2.75) is 26.4 Å². The predicted octanol–water partition coefficient (Wildman–Crippen LogP) is 0.190. The fraction of sp³-hybridized carbons (Fsp3) is 0.583. The van der Waals surface area contributed by atoms with Crippen LogP contribution in [0.15, 0.2) is 4.52 Å². The fourth-order valence-corrected chi connectivity index (χ4v) is 2.08. The van der Waals surface area contributed by atoms with Crippen LogP contribution in [0.5, 0.6) is 0 Å². The Kier molecular flexibility index (Phi) is 4.23. The van der Waals surface area contributed by atoms with Gasteiger partial charge in [0.2, 0.25) is 0 Å². The minimum absolute atomic E-state index is 0.115. The maximum atomic E-state index is 11.8. The van der Waals surface area contributed by atoms with Crippen LogP contribution in [0.4, 0.5) is 4.79 Å². The quantitative estimate of drug-likeness (QED) is 0.727. The van der Waals surface area contributed by atoms with E-state index in [9.17, 15) is 9.59 Å². The zero-order valence-electron chi connectivity index (χ0n) is 11.3. The molecule has 20 heavy (non-hydrogen) atoms. The van der Waals surface area contributed by atoms with Crippen molar-refractivity contribution in [2.75, 3.05) is 13.2 Å². The van der Waals surface area contributed by atoms with E-state index in [1.165, 1.54) is 0 Å². The van der Waals surface area contributed by atoms with Gasteiger partial charge in [-0.05, 0) is 13.8 Å². The van der Waals surface area contributed by atoms with Crippen LogP contribution in [-0.2, 0) is 16.1 Å². The SMILES string of the molecule is Cc1noc(C)c1CNC(=O)NC1COCC1C(=O)O. The van der Waals surface area contributed by atoms with E-state index in [0.29, 0.717) is 5.76 Å². The molecule has 2 heterocycles. The number of carbonyl (C=O) groups excluding carboxylic acids is 1. The molecule has 3 N–H and O–H groups in total. The second kappa shape index (κ2) is 5.91. The van der Waals surface area contributed by atoms with Gasteiger partial charge in [-0.1, -0.05) is 5.16 Å². The number of aromatic nitrogens is 1. The van der Waals surface area contributed by atoms with Gasteiger partial charge in [-0.3, -0.25) is 4.79 Å². The Balaban J connectivity index is 1.85. The molecule has 0 aliphatic carbocycles. The molecule has 110 valence electrons. The Hall–Kier alpha value is -2.09. The van der Waals surface area contributed by atoms with Crippen LogP contribution >= 0.6 is 0 Å². The van der Waals surface area contributed by atoms with E-state index in [2.05, 4.69) is 15.8 Å². The number of hydrogen-bond acceptors (Lipinski definition) is 5.